The Hall–Kier alpha value is -2.85. The Labute approximate surface area is 199 Å². The van der Waals surface area contributed by atoms with Crippen LogP contribution in [0.5, 0.6) is 5.75 Å². The number of carboxylic acid groups (broad SMARTS) is 1. The quantitative estimate of drug-likeness (QED) is 0.423. The van der Waals surface area contributed by atoms with E-state index in [4.69, 9.17) is 9.78 Å². The molecule has 4 bridgehead atoms. The van der Waals surface area contributed by atoms with Gasteiger partial charge in [0.2, 0.25) is 0 Å². The van der Waals surface area contributed by atoms with Gasteiger partial charge in [0.15, 0.2) is 5.75 Å². The minimum atomic E-state index is -0.896. The minimum Gasteiger partial charge on any atom is -0.478 e. The highest BCUT2D eigenvalue weighted by Crippen LogP contribution is 2.71. The molecule has 0 amide bonds. The van der Waals surface area contributed by atoms with Crippen molar-refractivity contribution < 1.29 is 19.7 Å². The van der Waals surface area contributed by atoms with Crippen LogP contribution in [0.3, 0.4) is 0 Å². The third-order valence-corrected chi connectivity index (χ3v) is 9.14. The maximum atomic E-state index is 11.4. The summed E-state index contributed by atoms with van der Waals surface area (Å²) in [4.78, 5) is 22.7. The summed E-state index contributed by atoms with van der Waals surface area (Å²) in [6.45, 7) is 5.51. The third-order valence-electron chi connectivity index (χ3n) is 9.14. The molecule has 3 aromatic carbocycles. The topological polar surface area (TPSA) is 55.8 Å². The molecule has 2 atom stereocenters. The second-order valence-corrected chi connectivity index (χ2v) is 12.3. The lowest BCUT2D eigenvalue weighted by Crippen LogP contribution is -2.56. The molecule has 3 aromatic rings. The van der Waals surface area contributed by atoms with Crippen molar-refractivity contribution in [3.63, 3.8) is 0 Å². The first-order chi connectivity index (χ1) is 16.2. The number of carbonyl (C=O) groups is 1. The van der Waals surface area contributed by atoms with Crippen molar-refractivity contribution in [2.75, 3.05) is 0 Å². The van der Waals surface area contributed by atoms with Gasteiger partial charge in [0, 0.05) is 16.5 Å². The first-order valence-corrected chi connectivity index (χ1v) is 12.5. The Morgan fingerprint density at radius 1 is 0.882 bits per heavy atom. The van der Waals surface area contributed by atoms with Gasteiger partial charge in [-0.25, -0.2) is 4.79 Å². The molecule has 4 aliphatic carbocycles. The van der Waals surface area contributed by atoms with Crippen LogP contribution in [-0.2, 0) is 16.9 Å². The fourth-order valence-electron chi connectivity index (χ4n) is 8.91. The molecule has 4 nitrogen and oxygen atoms in total. The summed E-state index contributed by atoms with van der Waals surface area (Å²) in [6.07, 6.45) is 7.81. The largest absolute Gasteiger partial charge is 0.478 e. The van der Waals surface area contributed by atoms with Crippen LogP contribution >= 0.6 is 0 Å². The number of hydrogen-bond donors (Lipinski definition) is 1. The molecule has 0 saturated heterocycles. The van der Waals surface area contributed by atoms with Crippen molar-refractivity contribution in [1.29, 1.82) is 0 Å². The van der Waals surface area contributed by atoms with Gasteiger partial charge in [-0.3, -0.25) is 0 Å². The maximum absolute atomic E-state index is 11.4. The predicted molar refractivity (Wildman–Crippen MR) is 131 cm³/mol. The Morgan fingerprint density at radius 2 is 1.62 bits per heavy atom. The van der Waals surface area contributed by atoms with Gasteiger partial charge in [-0.15, -0.1) is 0 Å². The van der Waals surface area contributed by atoms with Crippen molar-refractivity contribution in [2.45, 2.75) is 64.4 Å². The lowest BCUT2D eigenvalue weighted by atomic mass is 9.39. The fourth-order valence-corrected chi connectivity index (χ4v) is 8.91. The molecule has 34 heavy (non-hydrogen) atoms. The van der Waals surface area contributed by atoms with Crippen LogP contribution < -0.4 is 4.89 Å². The van der Waals surface area contributed by atoms with Crippen molar-refractivity contribution in [3.05, 3.63) is 65.2 Å². The Kier molecular flexibility index (Phi) is 4.00. The van der Waals surface area contributed by atoms with Crippen molar-refractivity contribution in [2.24, 2.45) is 16.7 Å². The normalized spacial score (nSPS) is 33.2. The summed E-state index contributed by atoms with van der Waals surface area (Å²) in [7, 11) is 0. The molecule has 1 aliphatic heterocycles. The smallest absolute Gasteiger partial charge is 0.335 e. The van der Waals surface area contributed by atoms with Crippen LogP contribution in [0.4, 0.5) is 0 Å². The number of carboxylic acids is 1. The molecule has 4 saturated carbocycles. The van der Waals surface area contributed by atoms with Gasteiger partial charge >= 0.3 is 5.97 Å². The van der Waals surface area contributed by atoms with E-state index in [9.17, 15) is 9.90 Å². The molecule has 4 fully saturated rings. The van der Waals surface area contributed by atoms with E-state index in [1.54, 1.807) is 12.1 Å². The molecule has 2 unspecified atom stereocenters. The summed E-state index contributed by atoms with van der Waals surface area (Å²) in [6, 6.07) is 16.2. The molecule has 174 valence electrons. The van der Waals surface area contributed by atoms with Gasteiger partial charge in [0.05, 0.1) is 5.56 Å². The molecule has 5 aliphatic rings. The van der Waals surface area contributed by atoms with Gasteiger partial charge in [0.1, 0.15) is 6.61 Å². The number of rotatable bonds is 3. The van der Waals surface area contributed by atoms with Gasteiger partial charge in [-0.2, -0.15) is 4.89 Å². The highest BCUT2D eigenvalue weighted by Gasteiger charge is 2.61. The molecule has 1 heterocycles. The first-order valence-electron chi connectivity index (χ1n) is 12.5. The van der Waals surface area contributed by atoms with E-state index in [-0.39, 0.29) is 5.41 Å². The number of benzene rings is 3. The molecular formula is C30H30O4. The second-order valence-electron chi connectivity index (χ2n) is 12.3. The molecule has 4 heteroatoms. The summed E-state index contributed by atoms with van der Waals surface area (Å²) >= 11 is 0. The summed E-state index contributed by atoms with van der Waals surface area (Å²) in [5, 5.41) is 11.3. The number of hydrogen-bond acceptors (Lipinski definition) is 3. The Balaban J connectivity index is 1.37. The van der Waals surface area contributed by atoms with Crippen molar-refractivity contribution >= 4 is 16.7 Å². The average Bonchev–Trinajstić information content (AvgIpc) is 3.24. The molecule has 8 rings (SSSR count). The van der Waals surface area contributed by atoms with Crippen LogP contribution in [-0.4, -0.2) is 11.1 Å². The minimum absolute atomic E-state index is 0.157. The molecular weight excluding hydrogens is 424 g/mol. The average molecular weight is 455 g/mol. The van der Waals surface area contributed by atoms with E-state index in [2.05, 4.69) is 38.1 Å². The highest BCUT2D eigenvalue weighted by atomic mass is 17.2. The van der Waals surface area contributed by atoms with Crippen LogP contribution in [0.1, 0.15) is 73.9 Å². The fraction of sp³-hybridized carbons (Fsp3) is 0.433. The zero-order chi connectivity index (χ0) is 23.3. The van der Waals surface area contributed by atoms with E-state index in [0.29, 0.717) is 23.0 Å². The highest BCUT2D eigenvalue weighted by molar-refractivity contribution is 5.95. The van der Waals surface area contributed by atoms with Crippen molar-refractivity contribution in [1.82, 2.24) is 0 Å². The Bertz CT molecular complexity index is 1350. The van der Waals surface area contributed by atoms with E-state index in [0.717, 1.165) is 33.6 Å². The second kappa shape index (κ2) is 6.63. The zero-order valence-corrected chi connectivity index (χ0v) is 19.8. The standard InChI is InChI=1S/C30H30O4/c1-28-11-18-12-29(2,15-28)17-30(13-18,16-28)25-10-23(9-24-14-33-34-26(24)25)21-4-3-20-8-22(27(31)32)6-5-19(20)7-21/h3-10,18H,11-17H2,1-2H3,(H,31,32). The van der Waals surface area contributed by atoms with Crippen molar-refractivity contribution in [3.8, 4) is 16.9 Å². The lowest BCUT2D eigenvalue weighted by molar-refractivity contribution is -0.196. The third kappa shape index (κ3) is 2.97. The summed E-state index contributed by atoms with van der Waals surface area (Å²) < 4.78 is 0. The van der Waals surface area contributed by atoms with E-state index < -0.39 is 5.97 Å². The first kappa shape index (κ1) is 20.5. The summed E-state index contributed by atoms with van der Waals surface area (Å²) in [5.41, 5.74) is 6.14. The van der Waals surface area contributed by atoms with Crippen LogP contribution in [0.15, 0.2) is 48.5 Å². The van der Waals surface area contributed by atoms with Gasteiger partial charge in [-0.1, -0.05) is 32.0 Å². The predicted octanol–water partition coefficient (Wildman–Crippen LogP) is 7.28. The van der Waals surface area contributed by atoms with Gasteiger partial charge in [0.25, 0.3) is 0 Å². The maximum Gasteiger partial charge on any atom is 0.335 e. The number of fused-ring (bicyclic) bond motifs is 2. The number of aromatic carboxylic acids is 1. The Morgan fingerprint density at radius 3 is 2.35 bits per heavy atom. The lowest BCUT2D eigenvalue weighted by Gasteiger charge is -2.65. The monoisotopic (exact) mass is 454 g/mol. The zero-order valence-electron chi connectivity index (χ0n) is 19.8. The van der Waals surface area contributed by atoms with E-state index in [1.807, 2.05) is 12.1 Å². The summed E-state index contributed by atoms with van der Waals surface area (Å²) in [5.74, 6) is 0.869. The van der Waals surface area contributed by atoms with Crippen LogP contribution in [0.2, 0.25) is 0 Å². The van der Waals surface area contributed by atoms with Gasteiger partial charge in [-0.05, 0) is 108 Å². The van der Waals surface area contributed by atoms with E-state index >= 15 is 0 Å². The van der Waals surface area contributed by atoms with E-state index in [1.165, 1.54) is 49.7 Å². The SMILES string of the molecule is CC12CC3CC(C)(C1)CC(c1cc(-c4ccc5cc(C(=O)O)ccc5c4)cc4c1OOC4)(C3)C2. The van der Waals surface area contributed by atoms with Crippen LogP contribution in [0, 0.1) is 16.7 Å². The molecule has 0 radical (unpaired) electrons. The van der Waals surface area contributed by atoms with Gasteiger partial charge < -0.3 is 9.99 Å². The molecule has 0 spiro atoms. The molecule has 1 N–H and O–H groups in total. The molecule has 0 aromatic heterocycles. The van der Waals surface area contributed by atoms with Crippen LogP contribution in [0.25, 0.3) is 21.9 Å².